The number of aromatic nitrogens is 1. The molecule has 1 aliphatic rings. The van der Waals surface area contributed by atoms with Crippen LogP contribution >= 0.6 is 11.3 Å². The van der Waals surface area contributed by atoms with E-state index in [1.807, 2.05) is 17.5 Å². The molecule has 1 N–H and O–H groups in total. The highest BCUT2D eigenvalue weighted by Gasteiger charge is 2.23. The molecule has 0 saturated carbocycles. The monoisotopic (exact) mass is 282 g/mol. The molecule has 0 radical (unpaired) electrons. The molecular formula is C14H26N4S. The lowest BCUT2D eigenvalue weighted by atomic mass is 10.2. The zero-order valence-electron chi connectivity index (χ0n) is 12.4. The molecule has 0 aliphatic carbocycles. The van der Waals surface area contributed by atoms with Crippen LogP contribution in [-0.2, 0) is 6.54 Å². The van der Waals surface area contributed by atoms with Crippen LogP contribution in [0.15, 0.2) is 6.20 Å². The molecule has 4 nitrogen and oxygen atoms in total. The normalized spacial score (nSPS) is 21.0. The van der Waals surface area contributed by atoms with Crippen LogP contribution in [0, 0.1) is 0 Å². The van der Waals surface area contributed by atoms with Crippen molar-refractivity contribution in [2.24, 2.45) is 0 Å². The Kier molecular flexibility index (Phi) is 5.60. The van der Waals surface area contributed by atoms with Crippen LogP contribution in [0.25, 0.3) is 0 Å². The van der Waals surface area contributed by atoms with E-state index in [1.165, 1.54) is 16.4 Å². The van der Waals surface area contributed by atoms with E-state index in [0.717, 1.165) is 39.3 Å². The summed E-state index contributed by atoms with van der Waals surface area (Å²) in [6.07, 6.45) is 3.21. The van der Waals surface area contributed by atoms with Crippen molar-refractivity contribution in [1.29, 1.82) is 0 Å². The summed E-state index contributed by atoms with van der Waals surface area (Å²) in [4.78, 5) is 10.9. The standard InChI is InChI=1S/C14H26N4S/c1-4-6-15-9-13-10-16-14(19-13)18-8-7-17(5-2)12(3)11-18/h10,12,15H,4-9,11H2,1-3H3. The molecule has 1 aromatic heterocycles. The van der Waals surface area contributed by atoms with Gasteiger partial charge < -0.3 is 10.2 Å². The minimum Gasteiger partial charge on any atom is -0.345 e. The molecule has 5 heteroatoms. The minimum atomic E-state index is 0.629. The summed E-state index contributed by atoms with van der Waals surface area (Å²) in [6.45, 7) is 13.3. The van der Waals surface area contributed by atoms with Crippen LogP contribution in [0.2, 0.25) is 0 Å². The first kappa shape index (κ1) is 14.8. The van der Waals surface area contributed by atoms with Gasteiger partial charge in [-0.1, -0.05) is 13.8 Å². The molecule has 1 fully saturated rings. The summed E-state index contributed by atoms with van der Waals surface area (Å²) in [7, 11) is 0. The summed E-state index contributed by atoms with van der Waals surface area (Å²) in [5, 5.41) is 4.63. The zero-order chi connectivity index (χ0) is 13.7. The van der Waals surface area contributed by atoms with Crippen LogP contribution in [0.1, 0.15) is 32.1 Å². The van der Waals surface area contributed by atoms with Crippen molar-refractivity contribution in [3.8, 4) is 0 Å². The SMILES string of the molecule is CCCNCc1cnc(N2CCN(CC)C(C)C2)s1. The number of nitrogens with zero attached hydrogens (tertiary/aromatic N) is 3. The maximum atomic E-state index is 4.59. The van der Waals surface area contributed by atoms with Crippen LogP contribution in [0.3, 0.4) is 0 Å². The molecule has 1 saturated heterocycles. The topological polar surface area (TPSA) is 31.4 Å². The van der Waals surface area contributed by atoms with E-state index in [0.29, 0.717) is 6.04 Å². The van der Waals surface area contributed by atoms with Crippen molar-refractivity contribution in [2.75, 3.05) is 37.6 Å². The summed E-state index contributed by atoms with van der Waals surface area (Å²) >= 11 is 1.83. The van der Waals surface area contributed by atoms with E-state index in [1.54, 1.807) is 0 Å². The van der Waals surface area contributed by atoms with Crippen LogP contribution in [0.5, 0.6) is 0 Å². The van der Waals surface area contributed by atoms with Gasteiger partial charge in [0.15, 0.2) is 5.13 Å². The second-order valence-electron chi connectivity index (χ2n) is 5.21. The predicted molar refractivity (Wildman–Crippen MR) is 83.0 cm³/mol. The van der Waals surface area contributed by atoms with E-state index < -0.39 is 0 Å². The van der Waals surface area contributed by atoms with E-state index in [9.17, 15) is 0 Å². The Hall–Kier alpha value is -0.650. The van der Waals surface area contributed by atoms with Gasteiger partial charge in [-0.25, -0.2) is 4.98 Å². The number of hydrogen-bond acceptors (Lipinski definition) is 5. The average Bonchev–Trinajstić information content (AvgIpc) is 2.88. The minimum absolute atomic E-state index is 0.629. The highest BCUT2D eigenvalue weighted by Crippen LogP contribution is 2.24. The molecule has 1 aliphatic heterocycles. The van der Waals surface area contributed by atoms with Gasteiger partial charge in [0, 0.05) is 43.3 Å². The van der Waals surface area contributed by atoms with Gasteiger partial charge in [0.1, 0.15) is 0 Å². The number of nitrogens with one attached hydrogen (secondary N) is 1. The van der Waals surface area contributed by atoms with Gasteiger partial charge in [-0.2, -0.15) is 0 Å². The summed E-state index contributed by atoms with van der Waals surface area (Å²) in [5.41, 5.74) is 0. The molecule has 1 unspecified atom stereocenters. The lowest BCUT2D eigenvalue weighted by Gasteiger charge is -2.39. The molecule has 1 atom stereocenters. The molecular weight excluding hydrogens is 256 g/mol. The Balaban J connectivity index is 1.88. The van der Waals surface area contributed by atoms with E-state index in [2.05, 4.69) is 40.9 Å². The molecule has 0 spiro atoms. The third-order valence-corrected chi connectivity index (χ3v) is 4.77. The second-order valence-corrected chi connectivity index (χ2v) is 6.30. The second kappa shape index (κ2) is 7.22. The number of piperazine rings is 1. The smallest absolute Gasteiger partial charge is 0.185 e. The van der Waals surface area contributed by atoms with Crippen molar-refractivity contribution < 1.29 is 0 Å². The van der Waals surface area contributed by atoms with Crippen molar-refractivity contribution in [2.45, 2.75) is 39.8 Å². The Bertz CT molecular complexity index is 379. The van der Waals surface area contributed by atoms with Crippen LogP contribution in [0.4, 0.5) is 5.13 Å². The zero-order valence-corrected chi connectivity index (χ0v) is 13.2. The number of rotatable bonds is 6. The van der Waals surface area contributed by atoms with Gasteiger partial charge in [0.05, 0.1) is 0 Å². The van der Waals surface area contributed by atoms with Crippen LogP contribution < -0.4 is 10.2 Å². The van der Waals surface area contributed by atoms with Gasteiger partial charge in [0.25, 0.3) is 0 Å². The Morgan fingerprint density at radius 3 is 2.95 bits per heavy atom. The predicted octanol–water partition coefficient (Wildman–Crippen LogP) is 2.17. The first-order valence-electron chi connectivity index (χ1n) is 7.39. The molecule has 0 aromatic carbocycles. The van der Waals surface area contributed by atoms with E-state index in [4.69, 9.17) is 0 Å². The lowest BCUT2D eigenvalue weighted by Crippen LogP contribution is -2.51. The Labute approximate surface area is 120 Å². The fraction of sp³-hybridized carbons (Fsp3) is 0.786. The first-order chi connectivity index (χ1) is 9.24. The van der Waals surface area contributed by atoms with Crippen molar-refractivity contribution in [3.05, 3.63) is 11.1 Å². The highest BCUT2D eigenvalue weighted by molar-refractivity contribution is 7.15. The van der Waals surface area contributed by atoms with Crippen molar-refractivity contribution in [3.63, 3.8) is 0 Å². The van der Waals surface area contributed by atoms with Gasteiger partial charge in [-0.05, 0) is 26.4 Å². The number of thiazole rings is 1. The maximum absolute atomic E-state index is 4.59. The fourth-order valence-corrected chi connectivity index (χ4v) is 3.47. The highest BCUT2D eigenvalue weighted by atomic mass is 32.1. The first-order valence-corrected chi connectivity index (χ1v) is 8.20. The third kappa shape index (κ3) is 3.91. The molecule has 2 rings (SSSR count). The quantitative estimate of drug-likeness (QED) is 0.810. The summed E-state index contributed by atoms with van der Waals surface area (Å²) < 4.78 is 0. The maximum Gasteiger partial charge on any atom is 0.185 e. The lowest BCUT2D eigenvalue weighted by molar-refractivity contribution is 0.199. The number of anilines is 1. The Morgan fingerprint density at radius 1 is 1.42 bits per heavy atom. The summed E-state index contributed by atoms with van der Waals surface area (Å²) in [5.74, 6) is 0. The van der Waals surface area contributed by atoms with Gasteiger partial charge in [0.2, 0.25) is 0 Å². The van der Waals surface area contributed by atoms with Gasteiger partial charge in [-0.15, -0.1) is 11.3 Å². The van der Waals surface area contributed by atoms with Gasteiger partial charge in [-0.3, -0.25) is 4.90 Å². The molecule has 0 amide bonds. The largest absolute Gasteiger partial charge is 0.345 e. The molecule has 0 bridgehead atoms. The fourth-order valence-electron chi connectivity index (χ4n) is 2.55. The molecule has 108 valence electrons. The average molecular weight is 282 g/mol. The molecule has 19 heavy (non-hydrogen) atoms. The van der Waals surface area contributed by atoms with E-state index >= 15 is 0 Å². The molecule has 1 aromatic rings. The number of likely N-dealkylation sites (N-methyl/N-ethyl adjacent to an activating group) is 1. The van der Waals surface area contributed by atoms with Crippen LogP contribution in [-0.4, -0.2) is 48.6 Å². The third-order valence-electron chi connectivity index (χ3n) is 3.71. The van der Waals surface area contributed by atoms with Crippen molar-refractivity contribution >= 4 is 16.5 Å². The van der Waals surface area contributed by atoms with Gasteiger partial charge >= 0.3 is 0 Å². The number of hydrogen-bond donors (Lipinski definition) is 1. The van der Waals surface area contributed by atoms with E-state index in [-0.39, 0.29) is 0 Å². The Morgan fingerprint density at radius 2 is 2.26 bits per heavy atom. The van der Waals surface area contributed by atoms with Crippen molar-refractivity contribution in [1.82, 2.24) is 15.2 Å². The summed E-state index contributed by atoms with van der Waals surface area (Å²) in [6, 6.07) is 0.629. The molecule has 2 heterocycles.